The molecule has 0 radical (unpaired) electrons. The van der Waals surface area contributed by atoms with Crippen molar-refractivity contribution in [3.05, 3.63) is 65.7 Å². The fraction of sp³-hybridized carbons (Fsp3) is 0.552. The minimum Gasteiger partial charge on any atom is -0.297 e. The summed E-state index contributed by atoms with van der Waals surface area (Å²) in [7, 11) is 3.29. The predicted octanol–water partition coefficient (Wildman–Crippen LogP) is 10.3. The van der Waals surface area contributed by atoms with Gasteiger partial charge in [0.1, 0.15) is 0 Å². The Morgan fingerprint density at radius 3 is 1.45 bits per heavy atom. The summed E-state index contributed by atoms with van der Waals surface area (Å²) in [6.07, 6.45) is -9.78. The van der Waals surface area contributed by atoms with E-state index in [-0.39, 0.29) is 28.6 Å². The van der Waals surface area contributed by atoms with Gasteiger partial charge in [-0.05, 0) is 44.6 Å². The summed E-state index contributed by atoms with van der Waals surface area (Å²) >= 11 is 0.180. The standard InChI is InChI=1S/C29H26F17NOS/c1-4-21(47(2)3,16-17-8-6-5-7-9-17)20(48)18-10-12-19(13-11-18)49-15-14-22(30,31)23(32,33)24(34,35)25(36,37)26(38,39)27(40,41)28(42,43)29(44,45)46/h5-13H,4,14-16H2,1-3H3. The van der Waals surface area contributed by atoms with Gasteiger partial charge in [0.25, 0.3) is 0 Å². The number of thioether (sulfide) groups is 1. The summed E-state index contributed by atoms with van der Waals surface area (Å²) in [6.45, 7) is 1.74. The van der Waals surface area contributed by atoms with Crippen LogP contribution in [0, 0.1) is 0 Å². The highest BCUT2D eigenvalue weighted by Crippen LogP contribution is 2.64. The Morgan fingerprint density at radius 1 is 0.612 bits per heavy atom. The van der Waals surface area contributed by atoms with Crippen LogP contribution in [-0.4, -0.2) is 83.7 Å². The Bertz CT molecular complexity index is 1430. The van der Waals surface area contributed by atoms with Gasteiger partial charge in [-0.25, -0.2) is 0 Å². The molecule has 2 aromatic rings. The molecule has 0 heterocycles. The molecule has 49 heavy (non-hydrogen) atoms. The number of carbonyl (C=O) groups excluding carboxylic acids is 1. The van der Waals surface area contributed by atoms with Crippen molar-refractivity contribution in [2.75, 3.05) is 19.8 Å². The average molecular weight is 760 g/mol. The van der Waals surface area contributed by atoms with Crippen LogP contribution >= 0.6 is 11.8 Å². The van der Waals surface area contributed by atoms with Crippen molar-refractivity contribution in [2.24, 2.45) is 0 Å². The number of alkyl halides is 17. The zero-order valence-electron chi connectivity index (χ0n) is 25.2. The lowest BCUT2D eigenvalue weighted by atomic mass is 9.80. The average Bonchev–Trinajstić information content (AvgIpc) is 2.99. The highest BCUT2D eigenvalue weighted by Gasteiger charge is 2.95. The third kappa shape index (κ3) is 7.08. The molecule has 0 aliphatic rings. The normalized spacial score (nSPS) is 15.8. The third-order valence-electron chi connectivity index (χ3n) is 7.79. The Hall–Kier alpha value is -2.77. The van der Waals surface area contributed by atoms with Gasteiger partial charge in [-0.2, -0.15) is 74.6 Å². The van der Waals surface area contributed by atoms with Crippen LogP contribution in [0.25, 0.3) is 0 Å². The lowest BCUT2D eigenvalue weighted by Crippen LogP contribution is -2.74. The molecule has 20 heteroatoms. The zero-order chi connectivity index (χ0) is 38.3. The second kappa shape index (κ2) is 13.7. The summed E-state index contributed by atoms with van der Waals surface area (Å²) in [4.78, 5) is 15.1. The monoisotopic (exact) mass is 759 g/mol. The van der Waals surface area contributed by atoms with Crippen molar-refractivity contribution in [1.82, 2.24) is 4.90 Å². The van der Waals surface area contributed by atoms with Crippen LogP contribution in [0.2, 0.25) is 0 Å². The number of hydrogen-bond acceptors (Lipinski definition) is 3. The van der Waals surface area contributed by atoms with E-state index in [2.05, 4.69) is 0 Å². The van der Waals surface area contributed by atoms with Crippen LogP contribution in [0.3, 0.4) is 0 Å². The molecule has 278 valence electrons. The molecule has 0 aliphatic carbocycles. The third-order valence-corrected chi connectivity index (χ3v) is 8.81. The van der Waals surface area contributed by atoms with Gasteiger partial charge in [0.15, 0.2) is 5.78 Å². The summed E-state index contributed by atoms with van der Waals surface area (Å²) < 4.78 is 229. The fourth-order valence-corrected chi connectivity index (χ4v) is 5.52. The first-order valence-electron chi connectivity index (χ1n) is 13.6. The van der Waals surface area contributed by atoms with E-state index in [1.165, 1.54) is 12.1 Å². The minimum atomic E-state index is -8.65. The molecule has 0 saturated heterocycles. The van der Waals surface area contributed by atoms with Crippen molar-refractivity contribution in [2.45, 2.75) is 84.3 Å². The zero-order valence-corrected chi connectivity index (χ0v) is 26.0. The van der Waals surface area contributed by atoms with E-state index in [0.717, 1.165) is 17.7 Å². The van der Waals surface area contributed by atoms with Crippen molar-refractivity contribution >= 4 is 17.5 Å². The number of hydrogen-bond donors (Lipinski definition) is 0. The molecule has 0 N–H and O–H groups in total. The second-order valence-corrected chi connectivity index (χ2v) is 12.2. The molecule has 0 aromatic heterocycles. The van der Waals surface area contributed by atoms with Crippen molar-refractivity contribution in [3.63, 3.8) is 0 Å². The highest BCUT2D eigenvalue weighted by atomic mass is 32.2. The molecule has 0 saturated carbocycles. The molecule has 0 spiro atoms. The molecule has 2 rings (SSSR count). The largest absolute Gasteiger partial charge is 0.460 e. The number of carbonyl (C=O) groups is 1. The van der Waals surface area contributed by atoms with Crippen LogP contribution in [0.5, 0.6) is 0 Å². The van der Waals surface area contributed by atoms with E-state index in [0.29, 0.717) is 6.42 Å². The predicted molar refractivity (Wildman–Crippen MR) is 144 cm³/mol. The number of benzene rings is 2. The highest BCUT2D eigenvalue weighted by molar-refractivity contribution is 7.99. The number of rotatable bonds is 16. The van der Waals surface area contributed by atoms with E-state index in [9.17, 15) is 79.4 Å². The van der Waals surface area contributed by atoms with Gasteiger partial charge < -0.3 is 0 Å². The van der Waals surface area contributed by atoms with Crippen LogP contribution < -0.4 is 0 Å². The number of halogens is 17. The molecule has 1 unspecified atom stereocenters. The molecule has 0 fully saturated rings. The maximum atomic E-state index is 14.2. The maximum Gasteiger partial charge on any atom is 0.460 e. The number of nitrogens with zero attached hydrogens (tertiary/aromatic N) is 1. The molecule has 2 aromatic carbocycles. The second-order valence-electron chi connectivity index (χ2n) is 11.0. The summed E-state index contributed by atoms with van der Waals surface area (Å²) in [6, 6.07) is 13.4. The van der Waals surface area contributed by atoms with Crippen LogP contribution in [-0.2, 0) is 6.42 Å². The van der Waals surface area contributed by atoms with Gasteiger partial charge in [0.05, 0.1) is 5.54 Å². The Labute approximate surface area is 272 Å². The summed E-state index contributed by atoms with van der Waals surface area (Å²) in [5.74, 6) is -58.2. The van der Waals surface area contributed by atoms with Crippen molar-refractivity contribution in [1.29, 1.82) is 0 Å². The summed E-state index contributed by atoms with van der Waals surface area (Å²) in [5, 5.41) is 0. The molecule has 0 bridgehead atoms. The Morgan fingerprint density at radius 2 is 1.04 bits per heavy atom. The smallest absolute Gasteiger partial charge is 0.297 e. The molecular weight excluding hydrogens is 733 g/mol. The minimum absolute atomic E-state index is 0.0865. The maximum absolute atomic E-state index is 14.2. The van der Waals surface area contributed by atoms with Gasteiger partial charge in [0, 0.05) is 22.6 Å². The van der Waals surface area contributed by atoms with E-state index in [1.807, 2.05) is 0 Å². The van der Waals surface area contributed by atoms with E-state index in [1.54, 1.807) is 56.3 Å². The molecule has 0 amide bonds. The Balaban J connectivity index is 2.28. The van der Waals surface area contributed by atoms with E-state index in [4.69, 9.17) is 0 Å². The summed E-state index contributed by atoms with van der Waals surface area (Å²) in [5.41, 5.74) is -0.194. The number of Topliss-reactive ketones (excluding diaryl/α,β-unsaturated/α-hetero) is 1. The van der Waals surface area contributed by atoms with Crippen LogP contribution in [0.4, 0.5) is 74.6 Å². The first-order chi connectivity index (χ1) is 21.9. The molecule has 1 atom stereocenters. The quantitative estimate of drug-likeness (QED) is 0.0966. The Kier molecular flexibility index (Phi) is 11.9. The number of ketones is 1. The van der Waals surface area contributed by atoms with Gasteiger partial charge in [-0.3, -0.25) is 9.69 Å². The lowest BCUT2D eigenvalue weighted by Gasteiger charge is -2.42. The van der Waals surface area contributed by atoms with E-state index >= 15 is 0 Å². The molecule has 0 aliphatic heterocycles. The van der Waals surface area contributed by atoms with Gasteiger partial charge in [-0.15, -0.1) is 11.8 Å². The fourth-order valence-electron chi connectivity index (χ4n) is 4.60. The van der Waals surface area contributed by atoms with Crippen molar-refractivity contribution < 1.29 is 79.4 Å². The van der Waals surface area contributed by atoms with Gasteiger partial charge in [0.2, 0.25) is 0 Å². The van der Waals surface area contributed by atoms with Crippen LogP contribution in [0.1, 0.15) is 35.7 Å². The first kappa shape index (κ1) is 42.4. The van der Waals surface area contributed by atoms with Gasteiger partial charge >= 0.3 is 47.6 Å². The van der Waals surface area contributed by atoms with Crippen molar-refractivity contribution in [3.8, 4) is 0 Å². The SMILES string of the molecule is CCC(Cc1ccccc1)(C(=O)c1ccc(SCCC(F)(F)C(F)(F)C(F)(F)C(F)(F)C(F)(F)C(F)(F)C(F)(F)C(F)(F)F)cc1)N(C)C. The number of likely N-dealkylation sites (N-methyl/N-ethyl adjacent to an activating group) is 1. The van der Waals surface area contributed by atoms with E-state index < -0.39 is 71.1 Å². The lowest BCUT2D eigenvalue weighted by molar-refractivity contribution is -0.461. The van der Waals surface area contributed by atoms with Crippen LogP contribution in [0.15, 0.2) is 59.5 Å². The molecule has 2 nitrogen and oxygen atoms in total. The van der Waals surface area contributed by atoms with Gasteiger partial charge in [-0.1, -0.05) is 49.4 Å². The topological polar surface area (TPSA) is 20.3 Å². The molecular formula is C29H26F17NOS. The first-order valence-corrected chi connectivity index (χ1v) is 14.6.